The summed E-state index contributed by atoms with van der Waals surface area (Å²) >= 11 is 4.87. The predicted octanol–water partition coefficient (Wildman–Crippen LogP) is 3.89. The van der Waals surface area contributed by atoms with E-state index >= 15 is 0 Å². The molecule has 3 nitrogen and oxygen atoms in total. The van der Waals surface area contributed by atoms with Crippen LogP contribution in [0.4, 0.5) is 0 Å². The average Bonchev–Trinajstić information content (AvgIpc) is 2.49. The van der Waals surface area contributed by atoms with Crippen molar-refractivity contribution in [2.75, 3.05) is 11.5 Å². The Hall–Kier alpha value is -1.29. The molecule has 0 bridgehead atoms. The van der Waals surface area contributed by atoms with Crippen molar-refractivity contribution in [2.24, 2.45) is 0 Å². The molecule has 0 aliphatic carbocycles. The largest absolute Gasteiger partial charge is 0.224 e. The van der Waals surface area contributed by atoms with Gasteiger partial charge in [-0.3, -0.25) is 0 Å². The number of nitriles is 1. The standard InChI is InChI=1S/C15H12BrNO2S2/c16-13-3-5-14(6-4-13)20-9-10-21(18,19)15-7-1-12(11-17)2-8-15/h1-8H,9-10H2. The van der Waals surface area contributed by atoms with Crippen molar-refractivity contribution in [3.05, 3.63) is 58.6 Å². The molecule has 0 aliphatic heterocycles. The summed E-state index contributed by atoms with van der Waals surface area (Å²) in [5, 5.41) is 8.71. The zero-order valence-electron chi connectivity index (χ0n) is 11.0. The fourth-order valence-corrected chi connectivity index (χ4v) is 4.48. The fraction of sp³-hybridized carbons (Fsp3) is 0.133. The maximum absolute atomic E-state index is 12.2. The van der Waals surface area contributed by atoms with Crippen molar-refractivity contribution < 1.29 is 8.42 Å². The Kier molecular flexibility index (Phi) is 5.45. The zero-order valence-corrected chi connectivity index (χ0v) is 14.2. The molecule has 0 N–H and O–H groups in total. The summed E-state index contributed by atoms with van der Waals surface area (Å²) in [5.74, 6) is 0.559. The first-order valence-corrected chi connectivity index (χ1v) is 9.56. The van der Waals surface area contributed by atoms with E-state index in [9.17, 15) is 8.42 Å². The van der Waals surface area contributed by atoms with Crippen LogP contribution in [0, 0.1) is 11.3 Å². The van der Waals surface area contributed by atoms with Crippen LogP contribution in [0.5, 0.6) is 0 Å². The smallest absolute Gasteiger partial charge is 0.179 e. The van der Waals surface area contributed by atoms with Crippen LogP contribution in [-0.4, -0.2) is 19.9 Å². The molecule has 2 rings (SSSR count). The summed E-state index contributed by atoms with van der Waals surface area (Å²) in [7, 11) is -3.30. The number of benzene rings is 2. The van der Waals surface area contributed by atoms with Crippen molar-refractivity contribution in [2.45, 2.75) is 9.79 Å². The average molecular weight is 382 g/mol. The number of thioether (sulfide) groups is 1. The molecule has 108 valence electrons. The maximum atomic E-state index is 12.2. The van der Waals surface area contributed by atoms with E-state index in [0.717, 1.165) is 9.37 Å². The molecule has 0 amide bonds. The van der Waals surface area contributed by atoms with E-state index in [4.69, 9.17) is 5.26 Å². The van der Waals surface area contributed by atoms with Crippen LogP contribution < -0.4 is 0 Å². The van der Waals surface area contributed by atoms with Gasteiger partial charge in [0.25, 0.3) is 0 Å². The van der Waals surface area contributed by atoms with Gasteiger partial charge in [-0.2, -0.15) is 5.26 Å². The lowest BCUT2D eigenvalue weighted by atomic mass is 10.2. The maximum Gasteiger partial charge on any atom is 0.179 e. The summed E-state index contributed by atoms with van der Waals surface area (Å²) in [5.41, 5.74) is 0.457. The van der Waals surface area contributed by atoms with E-state index in [1.54, 1.807) is 0 Å². The van der Waals surface area contributed by atoms with Gasteiger partial charge in [0, 0.05) is 15.1 Å². The molecule has 0 aliphatic rings. The summed E-state index contributed by atoms with van der Waals surface area (Å²) in [6, 6.07) is 15.7. The Morgan fingerprint density at radius 1 is 1.05 bits per heavy atom. The van der Waals surface area contributed by atoms with Gasteiger partial charge in [0.15, 0.2) is 9.84 Å². The first kappa shape index (κ1) is 16.1. The molecule has 0 spiro atoms. The molecule has 0 aromatic heterocycles. The van der Waals surface area contributed by atoms with E-state index in [2.05, 4.69) is 15.9 Å². The Morgan fingerprint density at radius 3 is 2.24 bits per heavy atom. The van der Waals surface area contributed by atoms with Gasteiger partial charge in [-0.15, -0.1) is 11.8 Å². The first-order chi connectivity index (χ1) is 10.0. The molecule has 0 saturated heterocycles. The Bertz CT molecular complexity index is 748. The normalized spacial score (nSPS) is 11.0. The van der Waals surface area contributed by atoms with Crippen LogP contribution in [0.25, 0.3) is 0 Å². The number of sulfone groups is 1. The molecular formula is C15H12BrNO2S2. The topological polar surface area (TPSA) is 57.9 Å². The van der Waals surface area contributed by atoms with E-state index < -0.39 is 9.84 Å². The van der Waals surface area contributed by atoms with Crippen LogP contribution in [0.2, 0.25) is 0 Å². The predicted molar refractivity (Wildman–Crippen MR) is 88.1 cm³/mol. The molecule has 2 aromatic rings. The molecule has 0 unspecified atom stereocenters. The Labute approximate surface area is 137 Å². The number of halogens is 1. The second-order valence-electron chi connectivity index (χ2n) is 4.26. The summed E-state index contributed by atoms with van der Waals surface area (Å²) in [4.78, 5) is 1.30. The number of nitrogens with zero attached hydrogens (tertiary/aromatic N) is 1. The van der Waals surface area contributed by atoms with Gasteiger partial charge in [0.05, 0.1) is 22.3 Å². The third kappa shape index (κ3) is 4.60. The number of hydrogen-bond acceptors (Lipinski definition) is 4. The molecular weight excluding hydrogens is 370 g/mol. The Morgan fingerprint density at radius 2 is 1.67 bits per heavy atom. The second kappa shape index (κ2) is 7.12. The third-order valence-electron chi connectivity index (χ3n) is 2.78. The van der Waals surface area contributed by atoms with Crippen molar-refractivity contribution >= 4 is 37.5 Å². The van der Waals surface area contributed by atoms with Crippen molar-refractivity contribution in [1.29, 1.82) is 5.26 Å². The SMILES string of the molecule is N#Cc1ccc(S(=O)(=O)CCSc2ccc(Br)cc2)cc1. The van der Waals surface area contributed by atoms with Gasteiger partial charge in [-0.25, -0.2) is 8.42 Å². The Balaban J connectivity index is 1.97. The molecule has 0 heterocycles. The van der Waals surface area contributed by atoms with Gasteiger partial charge in [0.2, 0.25) is 0 Å². The minimum Gasteiger partial charge on any atom is -0.224 e. The lowest BCUT2D eigenvalue weighted by molar-refractivity contribution is 0.597. The summed E-state index contributed by atoms with van der Waals surface area (Å²) < 4.78 is 25.3. The van der Waals surface area contributed by atoms with Gasteiger partial charge < -0.3 is 0 Å². The summed E-state index contributed by atoms with van der Waals surface area (Å²) in [6.45, 7) is 0. The number of rotatable bonds is 5. The van der Waals surface area contributed by atoms with Crippen LogP contribution in [0.15, 0.2) is 62.8 Å². The van der Waals surface area contributed by atoms with Crippen LogP contribution >= 0.6 is 27.7 Å². The lowest BCUT2D eigenvalue weighted by Gasteiger charge is -2.05. The highest BCUT2D eigenvalue weighted by atomic mass is 79.9. The second-order valence-corrected chi connectivity index (χ2v) is 8.45. The molecule has 0 atom stereocenters. The van der Waals surface area contributed by atoms with Crippen molar-refractivity contribution in [3.8, 4) is 6.07 Å². The van der Waals surface area contributed by atoms with Crippen molar-refractivity contribution in [3.63, 3.8) is 0 Å². The summed E-state index contributed by atoms with van der Waals surface area (Å²) in [6.07, 6.45) is 0. The monoisotopic (exact) mass is 381 g/mol. The highest BCUT2D eigenvalue weighted by Crippen LogP contribution is 2.22. The highest BCUT2D eigenvalue weighted by Gasteiger charge is 2.14. The molecule has 6 heteroatoms. The number of hydrogen-bond donors (Lipinski definition) is 0. The highest BCUT2D eigenvalue weighted by molar-refractivity contribution is 9.10. The van der Waals surface area contributed by atoms with Gasteiger partial charge in [-0.05, 0) is 48.5 Å². The van der Waals surface area contributed by atoms with Crippen LogP contribution in [-0.2, 0) is 9.84 Å². The van der Waals surface area contributed by atoms with E-state index in [0.29, 0.717) is 11.3 Å². The minimum absolute atomic E-state index is 0.0691. The van der Waals surface area contributed by atoms with E-state index in [1.807, 2.05) is 30.3 Å². The van der Waals surface area contributed by atoms with Gasteiger partial charge in [-0.1, -0.05) is 15.9 Å². The van der Waals surface area contributed by atoms with Crippen LogP contribution in [0.3, 0.4) is 0 Å². The molecule has 0 saturated carbocycles. The molecule has 0 fully saturated rings. The van der Waals surface area contributed by atoms with Gasteiger partial charge >= 0.3 is 0 Å². The van der Waals surface area contributed by atoms with E-state index in [1.165, 1.54) is 36.0 Å². The molecule has 21 heavy (non-hydrogen) atoms. The molecule has 0 radical (unpaired) electrons. The quantitative estimate of drug-likeness (QED) is 0.737. The first-order valence-electron chi connectivity index (χ1n) is 6.12. The van der Waals surface area contributed by atoms with Crippen molar-refractivity contribution in [1.82, 2.24) is 0 Å². The third-order valence-corrected chi connectivity index (χ3v) is 6.31. The zero-order chi connectivity index (χ0) is 15.3. The fourth-order valence-electron chi connectivity index (χ4n) is 1.65. The molecule has 2 aromatic carbocycles. The van der Waals surface area contributed by atoms with Crippen LogP contribution in [0.1, 0.15) is 5.56 Å². The van der Waals surface area contributed by atoms with Gasteiger partial charge in [0.1, 0.15) is 0 Å². The lowest BCUT2D eigenvalue weighted by Crippen LogP contribution is -2.08. The van der Waals surface area contributed by atoms with E-state index in [-0.39, 0.29) is 10.6 Å². The minimum atomic E-state index is -3.30.